The molecule has 0 aromatic carbocycles. The lowest BCUT2D eigenvalue weighted by atomic mass is 9.83. The highest BCUT2D eigenvalue weighted by molar-refractivity contribution is 4.72. The molecule has 0 fully saturated rings. The SMILES string of the molecule is CC(C)(CN)CCCCC(C)(C)CN. The van der Waals surface area contributed by atoms with Crippen LogP contribution in [-0.2, 0) is 0 Å². The third-order valence-corrected chi connectivity index (χ3v) is 3.06. The van der Waals surface area contributed by atoms with Crippen molar-refractivity contribution in [1.82, 2.24) is 0 Å². The second kappa shape index (κ2) is 5.72. The fourth-order valence-electron chi connectivity index (χ4n) is 1.41. The van der Waals surface area contributed by atoms with Gasteiger partial charge in [-0.1, -0.05) is 40.5 Å². The molecule has 0 amide bonds. The normalized spacial score (nSPS) is 13.3. The number of unbranched alkanes of at least 4 members (excludes halogenated alkanes) is 1. The predicted octanol–water partition coefficient (Wildman–Crippen LogP) is 2.52. The lowest BCUT2D eigenvalue weighted by Gasteiger charge is -2.25. The van der Waals surface area contributed by atoms with Crippen LogP contribution in [0.5, 0.6) is 0 Å². The van der Waals surface area contributed by atoms with Crippen molar-refractivity contribution in [1.29, 1.82) is 0 Å². The summed E-state index contributed by atoms with van der Waals surface area (Å²) in [5.74, 6) is 0. The van der Waals surface area contributed by atoms with Crippen molar-refractivity contribution in [2.45, 2.75) is 53.4 Å². The van der Waals surface area contributed by atoms with Crippen LogP contribution in [0, 0.1) is 10.8 Å². The molecule has 4 N–H and O–H groups in total. The third kappa shape index (κ3) is 6.39. The molecule has 86 valence electrons. The van der Waals surface area contributed by atoms with Crippen LogP contribution in [-0.4, -0.2) is 13.1 Å². The van der Waals surface area contributed by atoms with Crippen LogP contribution in [0.15, 0.2) is 0 Å². The Morgan fingerprint density at radius 1 is 0.714 bits per heavy atom. The van der Waals surface area contributed by atoms with Gasteiger partial charge in [0.15, 0.2) is 0 Å². The maximum Gasteiger partial charge on any atom is -0.00258 e. The number of hydrogen-bond acceptors (Lipinski definition) is 2. The molecule has 0 heterocycles. The van der Waals surface area contributed by atoms with Crippen molar-refractivity contribution < 1.29 is 0 Å². The smallest absolute Gasteiger partial charge is 0.00258 e. The predicted molar refractivity (Wildman–Crippen MR) is 64.1 cm³/mol. The minimum atomic E-state index is 0.312. The average Bonchev–Trinajstić information content (AvgIpc) is 2.13. The molecule has 0 aliphatic carbocycles. The summed E-state index contributed by atoms with van der Waals surface area (Å²) in [7, 11) is 0. The van der Waals surface area contributed by atoms with Crippen molar-refractivity contribution in [3.8, 4) is 0 Å². The van der Waals surface area contributed by atoms with E-state index in [1.165, 1.54) is 25.7 Å². The summed E-state index contributed by atoms with van der Waals surface area (Å²) >= 11 is 0. The van der Waals surface area contributed by atoms with Crippen LogP contribution in [0.25, 0.3) is 0 Å². The van der Waals surface area contributed by atoms with Gasteiger partial charge >= 0.3 is 0 Å². The maximum absolute atomic E-state index is 5.68. The molecule has 0 saturated heterocycles. The monoisotopic (exact) mass is 200 g/mol. The highest BCUT2D eigenvalue weighted by Gasteiger charge is 2.17. The van der Waals surface area contributed by atoms with Crippen molar-refractivity contribution >= 4 is 0 Å². The summed E-state index contributed by atoms with van der Waals surface area (Å²) in [4.78, 5) is 0. The molecule has 0 spiro atoms. The maximum atomic E-state index is 5.68. The van der Waals surface area contributed by atoms with E-state index in [-0.39, 0.29) is 0 Å². The number of nitrogens with two attached hydrogens (primary N) is 2. The zero-order valence-corrected chi connectivity index (χ0v) is 10.4. The molecule has 0 saturated carbocycles. The first-order valence-electron chi connectivity index (χ1n) is 5.73. The van der Waals surface area contributed by atoms with Crippen molar-refractivity contribution in [2.24, 2.45) is 22.3 Å². The van der Waals surface area contributed by atoms with Gasteiger partial charge < -0.3 is 11.5 Å². The van der Waals surface area contributed by atoms with Gasteiger partial charge in [-0.25, -0.2) is 0 Å². The molecular formula is C12H28N2. The lowest BCUT2D eigenvalue weighted by Crippen LogP contribution is -2.25. The van der Waals surface area contributed by atoms with Crippen LogP contribution < -0.4 is 11.5 Å². The van der Waals surface area contributed by atoms with Gasteiger partial charge in [0, 0.05) is 0 Å². The molecule has 0 aliphatic rings. The fourth-order valence-corrected chi connectivity index (χ4v) is 1.41. The summed E-state index contributed by atoms with van der Waals surface area (Å²) in [6, 6.07) is 0. The first-order valence-corrected chi connectivity index (χ1v) is 5.73. The van der Waals surface area contributed by atoms with Gasteiger partial charge in [0.1, 0.15) is 0 Å². The van der Waals surface area contributed by atoms with E-state index in [0.29, 0.717) is 10.8 Å². The zero-order valence-electron chi connectivity index (χ0n) is 10.4. The summed E-state index contributed by atoms with van der Waals surface area (Å²) < 4.78 is 0. The Bertz CT molecular complexity index is 132. The summed E-state index contributed by atoms with van der Waals surface area (Å²) in [6.45, 7) is 10.5. The van der Waals surface area contributed by atoms with Gasteiger partial charge in [-0.3, -0.25) is 0 Å². The van der Waals surface area contributed by atoms with E-state index in [1.807, 2.05) is 0 Å². The van der Waals surface area contributed by atoms with Gasteiger partial charge in [-0.05, 0) is 36.8 Å². The Hall–Kier alpha value is -0.0800. The van der Waals surface area contributed by atoms with Crippen LogP contribution >= 0.6 is 0 Å². The minimum Gasteiger partial charge on any atom is -0.330 e. The summed E-state index contributed by atoms with van der Waals surface area (Å²) in [6.07, 6.45) is 5.00. The standard InChI is InChI=1S/C12H28N2/c1-11(2,9-13)7-5-6-8-12(3,4)10-14/h5-10,13-14H2,1-4H3. The molecule has 14 heavy (non-hydrogen) atoms. The minimum absolute atomic E-state index is 0.312. The highest BCUT2D eigenvalue weighted by atomic mass is 14.6. The molecule has 0 radical (unpaired) electrons. The number of hydrogen-bond donors (Lipinski definition) is 2. The molecule has 2 nitrogen and oxygen atoms in total. The Labute approximate surface area is 89.4 Å². The van der Waals surface area contributed by atoms with Gasteiger partial charge in [0.05, 0.1) is 0 Å². The van der Waals surface area contributed by atoms with Crippen molar-refractivity contribution in [3.63, 3.8) is 0 Å². The Balaban J connectivity index is 3.57. The van der Waals surface area contributed by atoms with E-state index in [4.69, 9.17) is 11.5 Å². The van der Waals surface area contributed by atoms with E-state index in [1.54, 1.807) is 0 Å². The molecule has 0 rings (SSSR count). The second-order valence-electron chi connectivity index (χ2n) is 5.94. The number of rotatable bonds is 7. The first-order chi connectivity index (χ1) is 6.33. The van der Waals surface area contributed by atoms with E-state index >= 15 is 0 Å². The Kier molecular flexibility index (Phi) is 5.68. The molecule has 0 aromatic heterocycles. The molecule has 0 aliphatic heterocycles. The second-order valence-corrected chi connectivity index (χ2v) is 5.94. The third-order valence-electron chi connectivity index (χ3n) is 3.06. The topological polar surface area (TPSA) is 52.0 Å². The van der Waals surface area contributed by atoms with E-state index in [0.717, 1.165) is 13.1 Å². The van der Waals surface area contributed by atoms with Gasteiger partial charge in [-0.15, -0.1) is 0 Å². The van der Waals surface area contributed by atoms with Crippen molar-refractivity contribution in [2.75, 3.05) is 13.1 Å². The molecule has 0 bridgehead atoms. The Morgan fingerprint density at radius 3 is 1.21 bits per heavy atom. The van der Waals surface area contributed by atoms with Gasteiger partial charge in [0.25, 0.3) is 0 Å². The largest absolute Gasteiger partial charge is 0.330 e. The highest BCUT2D eigenvalue weighted by Crippen LogP contribution is 2.26. The Morgan fingerprint density at radius 2 is 1.00 bits per heavy atom. The first kappa shape index (κ1) is 13.9. The molecule has 0 aromatic rings. The molecule has 0 atom stereocenters. The van der Waals surface area contributed by atoms with E-state index < -0.39 is 0 Å². The van der Waals surface area contributed by atoms with Crippen molar-refractivity contribution in [3.05, 3.63) is 0 Å². The van der Waals surface area contributed by atoms with Gasteiger partial charge in [0.2, 0.25) is 0 Å². The summed E-state index contributed by atoms with van der Waals surface area (Å²) in [5.41, 5.74) is 12.0. The molecular weight excluding hydrogens is 172 g/mol. The van der Waals surface area contributed by atoms with Crippen LogP contribution in [0.2, 0.25) is 0 Å². The molecule has 0 unspecified atom stereocenters. The average molecular weight is 200 g/mol. The lowest BCUT2D eigenvalue weighted by molar-refractivity contribution is 0.294. The van der Waals surface area contributed by atoms with Crippen LogP contribution in [0.1, 0.15) is 53.4 Å². The quantitative estimate of drug-likeness (QED) is 0.620. The fraction of sp³-hybridized carbons (Fsp3) is 1.00. The van der Waals surface area contributed by atoms with Gasteiger partial charge in [-0.2, -0.15) is 0 Å². The van der Waals surface area contributed by atoms with E-state index in [9.17, 15) is 0 Å². The summed E-state index contributed by atoms with van der Waals surface area (Å²) in [5, 5.41) is 0. The van der Waals surface area contributed by atoms with Crippen LogP contribution in [0.3, 0.4) is 0 Å². The zero-order chi connectivity index (χ0) is 11.2. The van der Waals surface area contributed by atoms with Crippen LogP contribution in [0.4, 0.5) is 0 Å². The van der Waals surface area contributed by atoms with E-state index in [2.05, 4.69) is 27.7 Å². The molecule has 2 heteroatoms.